The fourth-order valence-corrected chi connectivity index (χ4v) is 2.41. The maximum Gasteiger partial charge on any atom is 0.345 e. The molecule has 0 spiro atoms. The minimum absolute atomic E-state index is 0.0164. The second-order valence-electron chi connectivity index (χ2n) is 3.18. The number of aromatic carboxylic acids is 1. The van der Waals surface area contributed by atoms with Gasteiger partial charge in [-0.15, -0.1) is 11.3 Å². The molecule has 0 saturated carbocycles. The molecule has 0 atom stereocenters. The molecule has 0 fully saturated rings. The quantitative estimate of drug-likeness (QED) is 0.428. The van der Waals surface area contributed by atoms with Crippen LogP contribution in [0.4, 0.5) is 5.69 Å². The summed E-state index contributed by atoms with van der Waals surface area (Å²) < 4.78 is 0.0164. The SMILES string of the molecule is O=C(O)c1cc2cc(O)c(O)c([N+](=O)[O-])c2s1. The normalized spacial score (nSPS) is 10.6. The molecule has 2 rings (SSSR count). The Labute approximate surface area is 97.3 Å². The summed E-state index contributed by atoms with van der Waals surface area (Å²) in [6.07, 6.45) is 0. The molecule has 3 N–H and O–H groups in total. The van der Waals surface area contributed by atoms with E-state index in [1.54, 1.807) is 0 Å². The summed E-state index contributed by atoms with van der Waals surface area (Å²) >= 11 is 0.671. The number of fused-ring (bicyclic) bond motifs is 1. The minimum Gasteiger partial charge on any atom is -0.504 e. The Morgan fingerprint density at radius 3 is 2.53 bits per heavy atom. The Morgan fingerprint density at radius 1 is 1.35 bits per heavy atom. The molecule has 88 valence electrons. The van der Waals surface area contributed by atoms with Crippen molar-refractivity contribution in [3.05, 3.63) is 27.1 Å². The van der Waals surface area contributed by atoms with Crippen molar-refractivity contribution in [1.29, 1.82) is 0 Å². The van der Waals surface area contributed by atoms with Crippen molar-refractivity contribution < 1.29 is 25.0 Å². The van der Waals surface area contributed by atoms with Crippen LogP contribution in [0.15, 0.2) is 12.1 Å². The fourth-order valence-electron chi connectivity index (χ4n) is 1.42. The third kappa shape index (κ3) is 1.64. The van der Waals surface area contributed by atoms with Gasteiger partial charge in [-0.3, -0.25) is 10.1 Å². The Hall–Kier alpha value is -2.35. The molecule has 0 radical (unpaired) electrons. The van der Waals surface area contributed by atoms with E-state index in [-0.39, 0.29) is 15.0 Å². The number of phenolic OH excluding ortho intramolecular Hbond substituents is 2. The zero-order valence-corrected chi connectivity index (χ0v) is 8.89. The highest BCUT2D eigenvalue weighted by molar-refractivity contribution is 7.21. The van der Waals surface area contributed by atoms with Gasteiger partial charge < -0.3 is 15.3 Å². The maximum atomic E-state index is 10.8. The zero-order chi connectivity index (χ0) is 12.7. The molecule has 1 aromatic carbocycles. The van der Waals surface area contributed by atoms with Crippen LogP contribution < -0.4 is 0 Å². The second-order valence-corrected chi connectivity index (χ2v) is 4.24. The van der Waals surface area contributed by atoms with E-state index in [2.05, 4.69) is 0 Å². The van der Waals surface area contributed by atoms with Gasteiger partial charge in [0.05, 0.1) is 4.92 Å². The monoisotopic (exact) mass is 255 g/mol. The van der Waals surface area contributed by atoms with E-state index in [9.17, 15) is 25.1 Å². The first-order valence-corrected chi connectivity index (χ1v) is 5.09. The van der Waals surface area contributed by atoms with Crippen molar-refractivity contribution in [2.45, 2.75) is 0 Å². The number of thiophene rings is 1. The number of nitrogens with zero attached hydrogens (tertiary/aromatic N) is 1. The summed E-state index contributed by atoms with van der Waals surface area (Å²) in [5.74, 6) is -2.74. The average molecular weight is 255 g/mol. The highest BCUT2D eigenvalue weighted by atomic mass is 32.1. The number of nitro groups is 1. The first kappa shape index (κ1) is 11.1. The topological polar surface area (TPSA) is 121 Å². The number of hydrogen-bond donors (Lipinski definition) is 3. The first-order valence-electron chi connectivity index (χ1n) is 4.28. The van der Waals surface area contributed by atoms with Gasteiger partial charge in [0.25, 0.3) is 0 Å². The Morgan fingerprint density at radius 2 is 2.00 bits per heavy atom. The first-order chi connectivity index (χ1) is 7.91. The molecule has 17 heavy (non-hydrogen) atoms. The van der Waals surface area contributed by atoms with Gasteiger partial charge in [-0.2, -0.15) is 0 Å². The second kappa shape index (κ2) is 3.59. The highest BCUT2D eigenvalue weighted by Crippen LogP contribution is 2.44. The Kier molecular flexibility index (Phi) is 2.36. The van der Waals surface area contributed by atoms with Crippen molar-refractivity contribution in [1.82, 2.24) is 0 Å². The van der Waals surface area contributed by atoms with Crippen molar-refractivity contribution in [3.63, 3.8) is 0 Å². The third-order valence-electron chi connectivity index (χ3n) is 2.13. The number of aromatic hydroxyl groups is 2. The fraction of sp³-hybridized carbons (Fsp3) is 0. The van der Waals surface area contributed by atoms with Gasteiger partial charge in [0, 0.05) is 5.39 Å². The lowest BCUT2D eigenvalue weighted by molar-refractivity contribution is -0.383. The number of carbonyl (C=O) groups is 1. The maximum absolute atomic E-state index is 10.8. The summed E-state index contributed by atoms with van der Waals surface area (Å²) in [6.45, 7) is 0. The van der Waals surface area contributed by atoms with Gasteiger partial charge in [0.2, 0.25) is 5.75 Å². The van der Waals surface area contributed by atoms with Crippen LogP contribution in [0.1, 0.15) is 9.67 Å². The number of nitro benzene ring substituents is 1. The standard InChI is InChI=1S/C9H5NO6S/c11-4-1-3-2-5(9(13)14)17-8(3)6(7(4)12)10(15)16/h1-2,11-12H,(H,13,14). The molecule has 1 aromatic heterocycles. The summed E-state index contributed by atoms with van der Waals surface area (Å²) in [5, 5.41) is 38.4. The molecule has 7 nitrogen and oxygen atoms in total. The number of carboxylic acids is 1. The molecular formula is C9H5NO6S. The van der Waals surface area contributed by atoms with E-state index >= 15 is 0 Å². The molecule has 0 aliphatic heterocycles. The zero-order valence-electron chi connectivity index (χ0n) is 8.08. The Balaban J connectivity index is 2.88. The van der Waals surface area contributed by atoms with Gasteiger partial charge in [-0.25, -0.2) is 4.79 Å². The molecule has 8 heteroatoms. The lowest BCUT2D eigenvalue weighted by atomic mass is 10.2. The van der Waals surface area contributed by atoms with E-state index in [4.69, 9.17) is 5.11 Å². The number of rotatable bonds is 2. The molecule has 0 aliphatic carbocycles. The van der Waals surface area contributed by atoms with Crippen molar-refractivity contribution >= 4 is 33.1 Å². The highest BCUT2D eigenvalue weighted by Gasteiger charge is 2.25. The van der Waals surface area contributed by atoms with Crippen LogP contribution in [-0.2, 0) is 0 Å². The lowest BCUT2D eigenvalue weighted by Crippen LogP contribution is -1.89. The predicted molar refractivity (Wildman–Crippen MR) is 58.8 cm³/mol. The van der Waals surface area contributed by atoms with Crippen molar-refractivity contribution in [2.24, 2.45) is 0 Å². The third-order valence-corrected chi connectivity index (χ3v) is 3.27. The number of phenols is 2. The van der Waals surface area contributed by atoms with E-state index in [1.807, 2.05) is 0 Å². The van der Waals surface area contributed by atoms with Gasteiger partial charge in [-0.05, 0) is 12.1 Å². The van der Waals surface area contributed by atoms with Gasteiger partial charge >= 0.3 is 11.7 Å². The van der Waals surface area contributed by atoms with Crippen LogP contribution in [0, 0.1) is 10.1 Å². The smallest absolute Gasteiger partial charge is 0.345 e. The largest absolute Gasteiger partial charge is 0.504 e. The number of benzene rings is 1. The lowest BCUT2D eigenvalue weighted by Gasteiger charge is -1.99. The van der Waals surface area contributed by atoms with Gasteiger partial charge in [0.15, 0.2) is 5.75 Å². The van der Waals surface area contributed by atoms with E-state index in [1.165, 1.54) is 6.07 Å². The van der Waals surface area contributed by atoms with Crippen LogP contribution >= 0.6 is 11.3 Å². The molecule has 0 bridgehead atoms. The summed E-state index contributed by atoms with van der Waals surface area (Å²) in [5.41, 5.74) is -0.683. The number of hydrogen-bond acceptors (Lipinski definition) is 6. The van der Waals surface area contributed by atoms with Crippen LogP contribution in [0.5, 0.6) is 11.5 Å². The summed E-state index contributed by atoms with van der Waals surface area (Å²) in [7, 11) is 0. The molecular weight excluding hydrogens is 250 g/mol. The van der Waals surface area contributed by atoms with Crippen LogP contribution in [0.25, 0.3) is 10.1 Å². The van der Waals surface area contributed by atoms with Crippen LogP contribution in [0.2, 0.25) is 0 Å². The minimum atomic E-state index is -1.22. The van der Waals surface area contributed by atoms with Crippen molar-refractivity contribution in [2.75, 3.05) is 0 Å². The van der Waals surface area contributed by atoms with Gasteiger partial charge in [-0.1, -0.05) is 0 Å². The average Bonchev–Trinajstić information content (AvgIpc) is 2.61. The van der Waals surface area contributed by atoms with E-state index in [0.717, 1.165) is 6.07 Å². The van der Waals surface area contributed by atoms with Crippen LogP contribution in [-0.4, -0.2) is 26.2 Å². The van der Waals surface area contributed by atoms with Crippen LogP contribution in [0.3, 0.4) is 0 Å². The predicted octanol–water partition coefficient (Wildman–Crippen LogP) is 1.92. The molecule has 1 heterocycles. The molecule has 0 amide bonds. The summed E-state index contributed by atoms with van der Waals surface area (Å²) in [4.78, 5) is 20.5. The summed E-state index contributed by atoms with van der Waals surface area (Å²) in [6, 6.07) is 2.29. The Bertz CT molecular complexity index is 646. The molecule has 2 aromatic rings. The van der Waals surface area contributed by atoms with E-state index in [0.29, 0.717) is 11.3 Å². The molecule has 0 unspecified atom stereocenters. The van der Waals surface area contributed by atoms with Gasteiger partial charge in [0.1, 0.15) is 9.58 Å². The van der Waals surface area contributed by atoms with E-state index < -0.39 is 28.1 Å². The molecule has 0 saturated heterocycles. The van der Waals surface area contributed by atoms with Crippen molar-refractivity contribution in [3.8, 4) is 11.5 Å². The molecule has 0 aliphatic rings. The number of carboxylic acid groups (broad SMARTS) is 1.